The summed E-state index contributed by atoms with van der Waals surface area (Å²) in [4.78, 5) is 11.6. The number of ketones is 1. The van der Waals surface area contributed by atoms with Gasteiger partial charge in [0.15, 0.2) is 5.78 Å². The molecule has 0 atom stereocenters. The third-order valence-electron chi connectivity index (χ3n) is 2.44. The highest BCUT2D eigenvalue weighted by atomic mass is 16.3. The van der Waals surface area contributed by atoms with Crippen LogP contribution >= 0.6 is 0 Å². The molecule has 0 saturated heterocycles. The molecule has 0 saturated carbocycles. The minimum atomic E-state index is -0.332. The Balaban J connectivity index is 4.58. The molecule has 0 aromatic heterocycles. The van der Waals surface area contributed by atoms with Crippen molar-refractivity contribution in [3.05, 3.63) is 11.8 Å². The van der Waals surface area contributed by atoms with Crippen LogP contribution in [0.15, 0.2) is 11.8 Å². The van der Waals surface area contributed by atoms with Gasteiger partial charge in [-0.25, -0.2) is 0 Å². The van der Waals surface area contributed by atoms with E-state index in [0.717, 1.165) is 12.8 Å². The normalized spacial score (nSPS) is 13.4. The molecule has 0 heterocycles. The molecule has 0 spiro atoms. The minimum Gasteiger partial charge on any atom is -0.512 e. The Labute approximate surface area is 87.0 Å². The van der Waals surface area contributed by atoms with Gasteiger partial charge in [-0.15, -0.1) is 0 Å². The third-order valence-corrected chi connectivity index (χ3v) is 2.44. The Morgan fingerprint density at radius 3 is 2.00 bits per heavy atom. The van der Waals surface area contributed by atoms with Crippen molar-refractivity contribution in [3.8, 4) is 0 Å². The van der Waals surface area contributed by atoms with Crippen LogP contribution in [-0.2, 0) is 4.79 Å². The predicted molar refractivity (Wildman–Crippen MR) is 59.2 cm³/mol. The minimum absolute atomic E-state index is 0.0439. The van der Waals surface area contributed by atoms with Crippen molar-refractivity contribution in [1.82, 2.24) is 0 Å². The highest BCUT2D eigenvalue weighted by Gasteiger charge is 2.19. The summed E-state index contributed by atoms with van der Waals surface area (Å²) < 4.78 is 0. The number of rotatable bonds is 4. The summed E-state index contributed by atoms with van der Waals surface area (Å²) in [6.07, 6.45) is 3.06. The molecule has 0 amide bonds. The lowest BCUT2D eigenvalue weighted by atomic mass is 9.90. The highest BCUT2D eigenvalue weighted by molar-refractivity contribution is 5.92. The predicted octanol–water partition coefficient (Wildman–Crippen LogP) is 3.48. The number of aliphatic hydroxyl groups is 1. The van der Waals surface area contributed by atoms with E-state index in [9.17, 15) is 9.90 Å². The van der Waals surface area contributed by atoms with Gasteiger partial charge in [-0.1, -0.05) is 34.6 Å². The lowest BCUT2D eigenvalue weighted by Crippen LogP contribution is -2.15. The van der Waals surface area contributed by atoms with Gasteiger partial charge in [0.1, 0.15) is 5.76 Å². The van der Waals surface area contributed by atoms with Gasteiger partial charge in [0, 0.05) is 17.4 Å². The Bertz CT molecular complexity index is 217. The van der Waals surface area contributed by atoms with Gasteiger partial charge >= 0.3 is 0 Å². The van der Waals surface area contributed by atoms with Crippen molar-refractivity contribution in [3.63, 3.8) is 0 Å². The van der Waals surface area contributed by atoms with Crippen LogP contribution in [0.2, 0.25) is 0 Å². The fraction of sp³-hybridized carbons (Fsp3) is 0.750. The fourth-order valence-corrected chi connectivity index (χ4v) is 1.16. The molecule has 0 aromatic carbocycles. The first-order chi connectivity index (χ1) is 6.32. The molecule has 2 nitrogen and oxygen atoms in total. The third kappa shape index (κ3) is 3.95. The summed E-state index contributed by atoms with van der Waals surface area (Å²) in [5, 5.41) is 9.64. The number of aliphatic hydroxyl groups excluding tert-OH is 1. The first kappa shape index (κ1) is 13.2. The maximum atomic E-state index is 11.6. The SMILES string of the molecule is CCC(CC)C(=O)C=C(O)C(C)(C)C. The summed E-state index contributed by atoms with van der Waals surface area (Å²) in [6, 6.07) is 0. The first-order valence-electron chi connectivity index (χ1n) is 5.27. The molecular weight excluding hydrogens is 176 g/mol. The molecule has 0 bridgehead atoms. The van der Waals surface area contributed by atoms with Crippen LogP contribution in [0.5, 0.6) is 0 Å². The number of carbonyl (C=O) groups is 1. The zero-order valence-electron chi connectivity index (χ0n) is 9.92. The van der Waals surface area contributed by atoms with Crippen LogP contribution in [0.1, 0.15) is 47.5 Å². The fourth-order valence-electron chi connectivity index (χ4n) is 1.16. The summed E-state index contributed by atoms with van der Waals surface area (Å²) >= 11 is 0. The van der Waals surface area contributed by atoms with Crippen LogP contribution in [0.3, 0.4) is 0 Å². The van der Waals surface area contributed by atoms with Gasteiger partial charge in [-0.2, -0.15) is 0 Å². The van der Waals surface area contributed by atoms with Crippen molar-refractivity contribution >= 4 is 5.78 Å². The van der Waals surface area contributed by atoms with Crippen molar-refractivity contribution in [2.45, 2.75) is 47.5 Å². The molecule has 0 rings (SSSR count). The van der Waals surface area contributed by atoms with Gasteiger partial charge < -0.3 is 5.11 Å². The number of hydrogen-bond acceptors (Lipinski definition) is 2. The molecule has 0 aliphatic heterocycles. The van der Waals surface area contributed by atoms with Gasteiger partial charge in [0.2, 0.25) is 0 Å². The summed E-state index contributed by atoms with van der Waals surface area (Å²) in [7, 11) is 0. The van der Waals surface area contributed by atoms with E-state index in [0.29, 0.717) is 0 Å². The summed E-state index contributed by atoms with van der Waals surface area (Å²) in [6.45, 7) is 9.65. The Morgan fingerprint density at radius 1 is 1.29 bits per heavy atom. The summed E-state index contributed by atoms with van der Waals surface area (Å²) in [5.41, 5.74) is -0.332. The second-order valence-electron chi connectivity index (χ2n) is 4.70. The highest BCUT2D eigenvalue weighted by Crippen LogP contribution is 2.23. The van der Waals surface area contributed by atoms with Crippen molar-refractivity contribution in [2.24, 2.45) is 11.3 Å². The molecule has 0 aliphatic rings. The molecule has 0 unspecified atom stereocenters. The van der Waals surface area contributed by atoms with Crippen molar-refractivity contribution in [1.29, 1.82) is 0 Å². The molecule has 82 valence electrons. The lowest BCUT2D eigenvalue weighted by Gasteiger charge is -2.17. The summed E-state index contributed by atoms with van der Waals surface area (Å²) in [5.74, 6) is 0.274. The van der Waals surface area contributed by atoms with Crippen LogP contribution < -0.4 is 0 Å². The topological polar surface area (TPSA) is 37.3 Å². The second kappa shape index (κ2) is 5.18. The maximum Gasteiger partial charge on any atom is 0.162 e. The quantitative estimate of drug-likeness (QED) is 0.554. The Morgan fingerprint density at radius 2 is 1.71 bits per heavy atom. The van der Waals surface area contributed by atoms with E-state index in [1.807, 2.05) is 34.6 Å². The van der Waals surface area contributed by atoms with Gasteiger partial charge in [-0.3, -0.25) is 4.79 Å². The maximum absolute atomic E-state index is 11.6. The monoisotopic (exact) mass is 198 g/mol. The average molecular weight is 198 g/mol. The largest absolute Gasteiger partial charge is 0.512 e. The van der Waals surface area contributed by atoms with E-state index in [1.54, 1.807) is 0 Å². The van der Waals surface area contributed by atoms with Crippen LogP contribution in [0, 0.1) is 11.3 Å². The molecular formula is C12H22O2. The molecule has 14 heavy (non-hydrogen) atoms. The molecule has 1 N–H and O–H groups in total. The Kier molecular flexibility index (Phi) is 4.89. The number of carbonyl (C=O) groups excluding carboxylic acids is 1. The van der Waals surface area contributed by atoms with Gasteiger partial charge in [0.05, 0.1) is 0 Å². The van der Waals surface area contributed by atoms with E-state index in [-0.39, 0.29) is 22.9 Å². The molecule has 0 aliphatic carbocycles. The zero-order valence-corrected chi connectivity index (χ0v) is 9.92. The molecule has 0 aromatic rings. The van der Waals surface area contributed by atoms with Gasteiger partial charge in [-0.05, 0) is 12.8 Å². The number of hydrogen-bond donors (Lipinski definition) is 1. The van der Waals surface area contributed by atoms with Crippen LogP contribution in [0.25, 0.3) is 0 Å². The second-order valence-corrected chi connectivity index (χ2v) is 4.70. The van der Waals surface area contributed by atoms with E-state index in [1.165, 1.54) is 6.08 Å². The van der Waals surface area contributed by atoms with Crippen LogP contribution in [-0.4, -0.2) is 10.9 Å². The van der Waals surface area contributed by atoms with E-state index < -0.39 is 0 Å². The van der Waals surface area contributed by atoms with E-state index >= 15 is 0 Å². The Hall–Kier alpha value is -0.790. The smallest absolute Gasteiger partial charge is 0.162 e. The molecule has 0 radical (unpaired) electrons. The molecule has 0 fully saturated rings. The van der Waals surface area contributed by atoms with E-state index in [4.69, 9.17) is 0 Å². The standard InChI is InChI=1S/C12H22O2/c1-6-9(7-2)10(13)8-11(14)12(3,4)5/h8-9,14H,6-7H2,1-5H3. The lowest BCUT2D eigenvalue weighted by molar-refractivity contribution is -0.118. The van der Waals surface area contributed by atoms with Crippen molar-refractivity contribution in [2.75, 3.05) is 0 Å². The first-order valence-corrected chi connectivity index (χ1v) is 5.27. The zero-order chi connectivity index (χ0) is 11.4. The van der Waals surface area contributed by atoms with E-state index in [2.05, 4.69) is 0 Å². The van der Waals surface area contributed by atoms with Gasteiger partial charge in [0.25, 0.3) is 0 Å². The van der Waals surface area contributed by atoms with Crippen LogP contribution in [0.4, 0.5) is 0 Å². The average Bonchev–Trinajstić information content (AvgIpc) is 2.04. The van der Waals surface area contributed by atoms with Crippen molar-refractivity contribution < 1.29 is 9.90 Å². The number of allylic oxidation sites excluding steroid dienone is 2. The molecule has 2 heteroatoms.